The second kappa shape index (κ2) is 11.4. The number of pyridine rings is 1. The Morgan fingerprint density at radius 2 is 1.92 bits per heavy atom. The number of carbonyl (C=O) groups is 2. The number of nitrogens with one attached hydrogen (secondary N) is 1. The van der Waals surface area contributed by atoms with Crippen LogP contribution in [0.25, 0.3) is 17.2 Å². The van der Waals surface area contributed by atoms with Crippen molar-refractivity contribution in [1.29, 1.82) is 0 Å². The molecule has 0 bridgehead atoms. The Bertz CT molecular complexity index is 1330. The lowest BCUT2D eigenvalue weighted by Crippen LogP contribution is -2.40. The second-order valence-electron chi connectivity index (χ2n) is 9.19. The minimum Gasteiger partial charge on any atom is -0.493 e. The van der Waals surface area contributed by atoms with E-state index in [2.05, 4.69) is 16.4 Å². The van der Waals surface area contributed by atoms with Gasteiger partial charge in [-0.05, 0) is 59.2 Å². The maximum absolute atomic E-state index is 12.8. The largest absolute Gasteiger partial charge is 0.493 e. The molecule has 9 nitrogen and oxygen atoms in total. The van der Waals surface area contributed by atoms with Crippen molar-refractivity contribution in [3.8, 4) is 22.6 Å². The number of anilines is 1. The zero-order valence-corrected chi connectivity index (χ0v) is 21.2. The number of nitrogen functional groups attached to an aromatic ring is 1. The van der Waals surface area contributed by atoms with Gasteiger partial charge in [-0.3, -0.25) is 9.59 Å². The highest BCUT2D eigenvalue weighted by Crippen LogP contribution is 2.41. The molecule has 2 amide bonds. The Hall–Kier alpha value is -4.37. The predicted octanol–water partition coefficient (Wildman–Crippen LogP) is 2.94. The lowest BCUT2D eigenvalue weighted by Gasteiger charge is -2.26. The number of fused-ring (bicyclic) bond motifs is 1. The summed E-state index contributed by atoms with van der Waals surface area (Å²) in [6.07, 6.45) is 5.18. The maximum atomic E-state index is 12.8. The minimum atomic E-state index is -0.222. The van der Waals surface area contributed by atoms with E-state index in [-0.39, 0.29) is 17.9 Å². The van der Waals surface area contributed by atoms with Crippen molar-refractivity contribution >= 4 is 23.7 Å². The van der Waals surface area contributed by atoms with Crippen LogP contribution in [0.15, 0.2) is 60.8 Å². The van der Waals surface area contributed by atoms with Crippen molar-refractivity contribution in [3.05, 3.63) is 77.5 Å². The molecular formula is C29H30N4O5. The molecule has 1 unspecified atom stereocenters. The highest BCUT2D eigenvalue weighted by Gasteiger charge is 2.27. The van der Waals surface area contributed by atoms with Crippen LogP contribution >= 0.6 is 0 Å². The average molecular weight is 515 g/mol. The number of hydrogen-bond donors (Lipinski definition) is 2. The van der Waals surface area contributed by atoms with Crippen molar-refractivity contribution in [3.63, 3.8) is 0 Å². The molecule has 0 saturated carbocycles. The number of carbonyl (C=O) groups excluding carboxylic acids is 2. The normalized spacial score (nSPS) is 16.7. The fraction of sp³-hybridized carbons (Fsp3) is 0.276. The van der Waals surface area contributed by atoms with Crippen LogP contribution in [0.5, 0.6) is 11.5 Å². The van der Waals surface area contributed by atoms with E-state index in [1.807, 2.05) is 35.2 Å². The Labute approximate surface area is 221 Å². The van der Waals surface area contributed by atoms with Gasteiger partial charge >= 0.3 is 0 Å². The lowest BCUT2D eigenvalue weighted by molar-refractivity contribution is -0.116. The molecule has 2 aliphatic rings. The lowest BCUT2D eigenvalue weighted by atomic mass is 9.99. The molecule has 3 N–H and O–H groups in total. The molecule has 9 heteroatoms. The van der Waals surface area contributed by atoms with Gasteiger partial charge in [-0.25, -0.2) is 4.98 Å². The van der Waals surface area contributed by atoms with Crippen LogP contribution in [0.3, 0.4) is 0 Å². The van der Waals surface area contributed by atoms with Gasteiger partial charge in [-0.2, -0.15) is 0 Å². The van der Waals surface area contributed by atoms with Crippen LogP contribution in [0, 0.1) is 0 Å². The first-order valence-electron chi connectivity index (χ1n) is 12.5. The van der Waals surface area contributed by atoms with E-state index in [0.717, 1.165) is 22.3 Å². The van der Waals surface area contributed by atoms with Gasteiger partial charge in [0.2, 0.25) is 5.91 Å². The van der Waals surface area contributed by atoms with E-state index < -0.39 is 0 Å². The molecule has 1 saturated heterocycles. The zero-order chi connectivity index (χ0) is 26.5. The summed E-state index contributed by atoms with van der Waals surface area (Å²) in [6.45, 7) is 2.73. The molecule has 196 valence electrons. The first-order valence-corrected chi connectivity index (χ1v) is 12.5. The standard InChI is InChI=1S/C29H30N4O5/c1-36-25-16-22(20-4-6-21(7-5-20)29(35)33-10-12-37-13-11-33)14-23-15-24(38-28(23)25)18-32-27(34)9-3-19-2-8-26(30)31-17-19/h2-9,14,16-17,24H,10-13,15,18H2,1H3,(H2,30,31)(H,32,34). The second-order valence-corrected chi connectivity index (χ2v) is 9.19. The first-order chi connectivity index (χ1) is 18.5. The number of benzene rings is 2. The molecule has 1 fully saturated rings. The fourth-order valence-electron chi connectivity index (χ4n) is 4.55. The topological polar surface area (TPSA) is 116 Å². The number of amides is 2. The van der Waals surface area contributed by atoms with Crippen LogP contribution in [0.2, 0.25) is 0 Å². The summed E-state index contributed by atoms with van der Waals surface area (Å²) in [7, 11) is 1.61. The van der Waals surface area contributed by atoms with E-state index in [0.29, 0.717) is 62.1 Å². The summed E-state index contributed by atoms with van der Waals surface area (Å²) in [5.41, 5.74) is 9.99. The monoisotopic (exact) mass is 514 g/mol. The SMILES string of the molecule is COc1cc(-c2ccc(C(=O)N3CCOCC3)cc2)cc2c1OC(CNC(=O)C=Cc1ccc(N)nc1)C2. The van der Waals surface area contributed by atoms with E-state index in [9.17, 15) is 9.59 Å². The quantitative estimate of drug-likeness (QED) is 0.466. The van der Waals surface area contributed by atoms with Crippen molar-refractivity contribution in [2.75, 3.05) is 45.7 Å². The van der Waals surface area contributed by atoms with Gasteiger partial charge in [0.1, 0.15) is 11.9 Å². The van der Waals surface area contributed by atoms with Gasteiger partial charge in [0, 0.05) is 42.9 Å². The Balaban J connectivity index is 1.22. The van der Waals surface area contributed by atoms with Crippen LogP contribution in [-0.2, 0) is 16.0 Å². The Morgan fingerprint density at radius 1 is 1.13 bits per heavy atom. The summed E-state index contributed by atoms with van der Waals surface area (Å²) >= 11 is 0. The number of nitrogens with two attached hydrogens (primary N) is 1. The number of rotatable bonds is 7. The molecule has 2 aliphatic heterocycles. The molecule has 3 aromatic rings. The third kappa shape index (κ3) is 5.78. The molecule has 38 heavy (non-hydrogen) atoms. The van der Waals surface area contributed by atoms with Gasteiger partial charge < -0.3 is 30.2 Å². The van der Waals surface area contributed by atoms with Gasteiger partial charge in [0.25, 0.3) is 5.91 Å². The third-order valence-corrected chi connectivity index (χ3v) is 6.59. The van der Waals surface area contributed by atoms with Crippen LogP contribution < -0.4 is 20.5 Å². The highest BCUT2D eigenvalue weighted by atomic mass is 16.5. The number of aromatic nitrogens is 1. The maximum Gasteiger partial charge on any atom is 0.254 e. The van der Waals surface area contributed by atoms with Gasteiger partial charge in [-0.1, -0.05) is 12.1 Å². The van der Waals surface area contributed by atoms with Gasteiger partial charge in [0.15, 0.2) is 11.5 Å². The molecule has 0 radical (unpaired) electrons. The zero-order valence-electron chi connectivity index (χ0n) is 21.2. The molecule has 2 aromatic carbocycles. The van der Waals surface area contributed by atoms with E-state index in [1.54, 1.807) is 31.5 Å². The molecule has 1 aromatic heterocycles. The molecule has 3 heterocycles. The molecular weight excluding hydrogens is 484 g/mol. The van der Waals surface area contributed by atoms with E-state index in [1.165, 1.54) is 6.08 Å². The van der Waals surface area contributed by atoms with Crippen molar-refractivity contribution in [2.45, 2.75) is 12.5 Å². The van der Waals surface area contributed by atoms with Crippen LogP contribution in [-0.4, -0.2) is 67.8 Å². The summed E-state index contributed by atoms with van der Waals surface area (Å²) in [6, 6.07) is 15.1. The fourth-order valence-corrected chi connectivity index (χ4v) is 4.55. The highest BCUT2D eigenvalue weighted by molar-refractivity contribution is 5.95. The Kier molecular flexibility index (Phi) is 7.55. The molecule has 0 aliphatic carbocycles. The number of methoxy groups -OCH3 is 1. The molecule has 5 rings (SSSR count). The Morgan fingerprint density at radius 3 is 2.63 bits per heavy atom. The predicted molar refractivity (Wildman–Crippen MR) is 144 cm³/mol. The van der Waals surface area contributed by atoms with E-state index in [4.69, 9.17) is 19.9 Å². The summed E-state index contributed by atoms with van der Waals surface area (Å²) in [5, 5.41) is 2.89. The number of hydrogen-bond acceptors (Lipinski definition) is 7. The van der Waals surface area contributed by atoms with Crippen LogP contribution in [0.1, 0.15) is 21.5 Å². The van der Waals surface area contributed by atoms with E-state index >= 15 is 0 Å². The molecule has 0 spiro atoms. The number of ether oxygens (including phenoxy) is 3. The summed E-state index contributed by atoms with van der Waals surface area (Å²) in [5.74, 6) is 1.55. The average Bonchev–Trinajstić information content (AvgIpc) is 3.38. The minimum absolute atomic E-state index is 0.0182. The van der Waals surface area contributed by atoms with Gasteiger partial charge in [0.05, 0.1) is 26.9 Å². The van der Waals surface area contributed by atoms with Crippen molar-refractivity contribution in [2.24, 2.45) is 0 Å². The molecule has 1 atom stereocenters. The van der Waals surface area contributed by atoms with Crippen LogP contribution in [0.4, 0.5) is 5.82 Å². The number of nitrogens with zero attached hydrogens (tertiary/aromatic N) is 2. The van der Waals surface area contributed by atoms with Gasteiger partial charge in [-0.15, -0.1) is 0 Å². The van der Waals surface area contributed by atoms with Crippen molar-refractivity contribution in [1.82, 2.24) is 15.2 Å². The summed E-state index contributed by atoms with van der Waals surface area (Å²) in [4.78, 5) is 30.9. The third-order valence-electron chi connectivity index (χ3n) is 6.59. The number of morpholine rings is 1. The smallest absolute Gasteiger partial charge is 0.254 e. The summed E-state index contributed by atoms with van der Waals surface area (Å²) < 4.78 is 17.1. The van der Waals surface area contributed by atoms with Crippen molar-refractivity contribution < 1.29 is 23.8 Å². The first kappa shape index (κ1) is 25.3.